The van der Waals surface area contributed by atoms with E-state index < -0.39 is 0 Å². The molecule has 0 saturated heterocycles. The normalized spacial score (nSPS) is 15.2. The lowest BCUT2D eigenvalue weighted by Crippen LogP contribution is -2.42. The second kappa shape index (κ2) is 9.31. The van der Waals surface area contributed by atoms with E-state index in [0.29, 0.717) is 23.8 Å². The van der Waals surface area contributed by atoms with Crippen LogP contribution in [0.5, 0.6) is 23.0 Å². The highest BCUT2D eigenvalue weighted by atomic mass is 32.1. The molecule has 162 valence electrons. The van der Waals surface area contributed by atoms with E-state index in [4.69, 9.17) is 18.9 Å². The van der Waals surface area contributed by atoms with Crippen LogP contribution in [0.1, 0.15) is 22.0 Å². The van der Waals surface area contributed by atoms with Gasteiger partial charge in [-0.15, -0.1) is 11.3 Å². The fourth-order valence-corrected chi connectivity index (χ4v) is 4.72. The number of nitrogens with zero attached hydrogens (tertiary/aromatic N) is 1. The molecule has 2 heterocycles. The van der Waals surface area contributed by atoms with E-state index in [1.165, 1.54) is 0 Å². The summed E-state index contributed by atoms with van der Waals surface area (Å²) in [6.45, 7) is 0.576. The SMILES string of the molecule is COc1ccc(OCC(=O)N2CCc3cc(OC)c(OC)cc3C2c2cccs2)cc1. The van der Waals surface area contributed by atoms with Crippen molar-refractivity contribution in [2.75, 3.05) is 34.5 Å². The zero-order valence-electron chi connectivity index (χ0n) is 17.8. The summed E-state index contributed by atoms with van der Waals surface area (Å²) in [7, 11) is 4.87. The minimum Gasteiger partial charge on any atom is -0.497 e. The second-order valence-corrected chi connectivity index (χ2v) is 8.10. The quantitative estimate of drug-likeness (QED) is 0.549. The number of fused-ring (bicyclic) bond motifs is 1. The molecule has 31 heavy (non-hydrogen) atoms. The number of carbonyl (C=O) groups is 1. The molecule has 7 heteroatoms. The number of methoxy groups -OCH3 is 3. The van der Waals surface area contributed by atoms with Crippen molar-refractivity contribution in [3.63, 3.8) is 0 Å². The van der Waals surface area contributed by atoms with E-state index in [0.717, 1.165) is 28.2 Å². The van der Waals surface area contributed by atoms with Crippen molar-refractivity contribution in [2.24, 2.45) is 0 Å². The van der Waals surface area contributed by atoms with Gasteiger partial charge in [-0.25, -0.2) is 0 Å². The molecular weight excluding hydrogens is 414 g/mol. The standard InChI is InChI=1S/C24H25NO5S/c1-27-17-6-8-18(9-7-17)30-15-23(26)25-11-10-16-13-20(28-2)21(29-3)14-19(16)24(25)22-5-4-12-31-22/h4-9,12-14,24H,10-11,15H2,1-3H3. The van der Waals surface area contributed by atoms with Gasteiger partial charge in [0.2, 0.25) is 0 Å². The summed E-state index contributed by atoms with van der Waals surface area (Å²) in [5.41, 5.74) is 2.22. The summed E-state index contributed by atoms with van der Waals surface area (Å²) in [6, 6.07) is 15.1. The van der Waals surface area contributed by atoms with Crippen LogP contribution in [0.3, 0.4) is 0 Å². The van der Waals surface area contributed by atoms with Crippen LogP contribution in [0.2, 0.25) is 0 Å². The van der Waals surface area contributed by atoms with E-state index in [2.05, 4.69) is 6.07 Å². The van der Waals surface area contributed by atoms with Crippen molar-refractivity contribution in [3.8, 4) is 23.0 Å². The van der Waals surface area contributed by atoms with Gasteiger partial charge >= 0.3 is 0 Å². The van der Waals surface area contributed by atoms with E-state index >= 15 is 0 Å². The van der Waals surface area contributed by atoms with Gasteiger partial charge in [0.1, 0.15) is 11.5 Å². The van der Waals surface area contributed by atoms with Crippen molar-refractivity contribution >= 4 is 17.2 Å². The fourth-order valence-electron chi connectivity index (χ4n) is 3.87. The molecule has 1 unspecified atom stereocenters. The average Bonchev–Trinajstić information content (AvgIpc) is 3.35. The predicted octanol–water partition coefficient (Wildman–Crippen LogP) is 4.33. The maximum Gasteiger partial charge on any atom is 0.261 e. The lowest BCUT2D eigenvalue weighted by Gasteiger charge is -2.37. The third-order valence-corrected chi connectivity index (χ3v) is 6.35. The number of amides is 1. The van der Waals surface area contributed by atoms with Gasteiger partial charge < -0.3 is 23.8 Å². The molecule has 3 aromatic rings. The zero-order valence-corrected chi connectivity index (χ0v) is 18.6. The molecule has 0 saturated carbocycles. The molecule has 0 spiro atoms. The molecule has 0 fully saturated rings. The Kier molecular flexibility index (Phi) is 6.32. The minimum atomic E-state index is -0.185. The van der Waals surface area contributed by atoms with Gasteiger partial charge in [-0.1, -0.05) is 6.07 Å². The van der Waals surface area contributed by atoms with E-state index in [1.54, 1.807) is 44.8 Å². The first kappa shape index (κ1) is 21.1. The molecular formula is C24H25NO5S. The highest BCUT2D eigenvalue weighted by molar-refractivity contribution is 7.10. The molecule has 6 nitrogen and oxygen atoms in total. The molecule has 1 aromatic heterocycles. The Morgan fingerprint density at radius 2 is 1.71 bits per heavy atom. The molecule has 1 aliphatic heterocycles. The zero-order chi connectivity index (χ0) is 21.8. The highest BCUT2D eigenvalue weighted by Crippen LogP contribution is 2.42. The van der Waals surface area contributed by atoms with E-state index in [9.17, 15) is 4.79 Å². The molecule has 4 rings (SSSR count). The molecule has 1 aliphatic rings. The maximum atomic E-state index is 13.2. The largest absolute Gasteiger partial charge is 0.497 e. The van der Waals surface area contributed by atoms with Crippen molar-refractivity contribution < 1.29 is 23.7 Å². The first-order valence-corrected chi connectivity index (χ1v) is 10.9. The molecule has 0 N–H and O–H groups in total. The molecule has 2 aromatic carbocycles. The summed E-state index contributed by atoms with van der Waals surface area (Å²) < 4.78 is 21.9. The Morgan fingerprint density at radius 1 is 1.00 bits per heavy atom. The van der Waals surface area contributed by atoms with Gasteiger partial charge in [0.25, 0.3) is 5.91 Å². The van der Waals surface area contributed by atoms with Crippen molar-refractivity contribution in [3.05, 3.63) is 69.9 Å². The number of carbonyl (C=O) groups excluding carboxylic acids is 1. The number of hydrogen-bond acceptors (Lipinski definition) is 6. The Balaban J connectivity index is 1.60. The third-order valence-electron chi connectivity index (χ3n) is 5.43. The second-order valence-electron chi connectivity index (χ2n) is 7.13. The van der Waals surface area contributed by atoms with Crippen LogP contribution in [0.4, 0.5) is 0 Å². The number of thiophene rings is 1. The summed E-state index contributed by atoms with van der Waals surface area (Å²) >= 11 is 1.64. The smallest absolute Gasteiger partial charge is 0.261 e. The minimum absolute atomic E-state index is 0.0309. The summed E-state index contributed by atoms with van der Waals surface area (Å²) in [5.74, 6) is 2.68. The molecule has 0 aliphatic carbocycles. The van der Waals surface area contributed by atoms with Gasteiger partial charge in [-0.2, -0.15) is 0 Å². The first-order valence-electron chi connectivity index (χ1n) is 9.99. The number of ether oxygens (including phenoxy) is 4. The van der Waals surface area contributed by atoms with Crippen LogP contribution in [-0.4, -0.2) is 45.3 Å². The monoisotopic (exact) mass is 439 g/mol. The van der Waals surface area contributed by atoms with E-state index in [-0.39, 0.29) is 18.6 Å². The summed E-state index contributed by atoms with van der Waals surface area (Å²) in [6.07, 6.45) is 0.742. The van der Waals surface area contributed by atoms with Crippen LogP contribution in [0.15, 0.2) is 53.9 Å². The predicted molar refractivity (Wildman–Crippen MR) is 120 cm³/mol. The molecule has 0 bridgehead atoms. The number of hydrogen-bond donors (Lipinski definition) is 0. The van der Waals surface area contributed by atoms with Gasteiger partial charge in [0.15, 0.2) is 18.1 Å². The summed E-state index contributed by atoms with van der Waals surface area (Å²) in [4.78, 5) is 16.2. The van der Waals surface area contributed by atoms with Gasteiger partial charge in [-0.05, 0) is 65.4 Å². The van der Waals surface area contributed by atoms with Crippen LogP contribution < -0.4 is 18.9 Å². The topological polar surface area (TPSA) is 57.2 Å². The lowest BCUT2D eigenvalue weighted by molar-refractivity contribution is -0.135. The highest BCUT2D eigenvalue weighted by Gasteiger charge is 2.34. The third kappa shape index (κ3) is 4.32. The maximum absolute atomic E-state index is 13.2. The van der Waals surface area contributed by atoms with Gasteiger partial charge in [0.05, 0.1) is 27.4 Å². The van der Waals surface area contributed by atoms with E-state index in [1.807, 2.05) is 40.6 Å². The van der Waals surface area contributed by atoms with Gasteiger partial charge in [0, 0.05) is 11.4 Å². The lowest BCUT2D eigenvalue weighted by atomic mass is 9.90. The van der Waals surface area contributed by atoms with Gasteiger partial charge in [-0.3, -0.25) is 4.79 Å². The Labute approximate surface area is 185 Å². The van der Waals surface area contributed by atoms with Crippen LogP contribution in [0.25, 0.3) is 0 Å². The average molecular weight is 440 g/mol. The van der Waals surface area contributed by atoms with Crippen molar-refractivity contribution in [2.45, 2.75) is 12.5 Å². The Bertz CT molecular complexity index is 1030. The molecule has 1 amide bonds. The van der Waals surface area contributed by atoms with Crippen molar-refractivity contribution in [1.29, 1.82) is 0 Å². The Morgan fingerprint density at radius 3 is 2.35 bits per heavy atom. The van der Waals surface area contributed by atoms with Crippen LogP contribution in [0, 0.1) is 0 Å². The Hall–Kier alpha value is -3.19. The fraction of sp³-hybridized carbons (Fsp3) is 0.292. The molecule has 1 atom stereocenters. The summed E-state index contributed by atoms with van der Waals surface area (Å²) in [5, 5.41) is 2.03. The first-order chi connectivity index (χ1) is 15.1. The van der Waals surface area contributed by atoms with Crippen LogP contribution >= 0.6 is 11.3 Å². The van der Waals surface area contributed by atoms with Crippen LogP contribution in [-0.2, 0) is 11.2 Å². The van der Waals surface area contributed by atoms with Crippen molar-refractivity contribution in [1.82, 2.24) is 4.90 Å². The number of benzene rings is 2. The number of rotatable bonds is 7. The molecule has 0 radical (unpaired) electrons.